The van der Waals surface area contributed by atoms with E-state index in [0.717, 1.165) is 83.7 Å². The van der Waals surface area contributed by atoms with Crippen molar-refractivity contribution in [3.8, 4) is 44.9 Å². The number of hydrogen-bond donors (Lipinski definition) is 0. The Morgan fingerprint density at radius 1 is 0.500 bits per heavy atom. The molecule has 0 fully saturated rings. The Kier molecular flexibility index (Phi) is 8.29. The van der Waals surface area contributed by atoms with Gasteiger partial charge in [-0.2, -0.15) is 4.57 Å². The normalized spacial score (nSPS) is 12.4. The summed E-state index contributed by atoms with van der Waals surface area (Å²) in [5.74, 6) is 0.832. The van der Waals surface area contributed by atoms with Gasteiger partial charge in [0, 0.05) is 69.1 Å². The molecule has 0 amide bonds. The first-order chi connectivity index (χ1) is 31.7. The van der Waals surface area contributed by atoms with E-state index >= 15 is 0 Å². The predicted octanol–water partition coefficient (Wildman–Crippen LogP) is 14.8. The zero-order chi connectivity index (χ0) is 44.2. The van der Waals surface area contributed by atoms with Gasteiger partial charge in [-0.15, -0.1) is 0 Å². The molecule has 0 radical (unpaired) electrons. The second kappa shape index (κ2) is 15.2. The minimum absolute atomic E-state index is 0.629. The van der Waals surface area contributed by atoms with Gasteiger partial charge >= 0.3 is 0 Å². The van der Waals surface area contributed by atoms with Crippen molar-refractivity contribution >= 4 is 49.9 Å². The maximum Gasteiger partial charge on any atom is 0.191 e. The molecule has 0 saturated carbocycles. The number of aromatic nitrogens is 4. The summed E-state index contributed by atoms with van der Waals surface area (Å²) in [6.45, 7) is 1.97. The molecule has 0 aliphatic rings. The average molecular weight is 802 g/mol. The van der Waals surface area contributed by atoms with Gasteiger partial charge in [-0.1, -0.05) is 121 Å². The standard InChI is InChI=1S/C57H44N5/c1-39-17-14-18-40(2)56(39)43-33-34-58-55(35-43)62-51-28-11-10-25-49(51)50-32-31-46(37-54(50)62)61(45-24-15-23-44(36-45)60-38-59(3)52-29-12-13-30-53(52)60)57-47(41-19-6-4-7-20-41)26-16-27-48(57)42-21-8-5-9-22-42/h4-38H,1-3H3/q+1/i3D3. The molecule has 5 nitrogen and oxygen atoms in total. The van der Waals surface area contributed by atoms with Crippen molar-refractivity contribution in [2.75, 3.05) is 4.90 Å². The van der Waals surface area contributed by atoms with Crippen LogP contribution in [0, 0.1) is 13.8 Å². The molecule has 11 aromatic rings. The molecule has 3 aromatic heterocycles. The first-order valence-corrected chi connectivity index (χ1v) is 21.0. The van der Waals surface area contributed by atoms with Crippen molar-refractivity contribution in [3.63, 3.8) is 0 Å². The molecule has 0 atom stereocenters. The van der Waals surface area contributed by atoms with E-state index in [-0.39, 0.29) is 0 Å². The van der Waals surface area contributed by atoms with Crippen LogP contribution < -0.4 is 4.90 Å². The van der Waals surface area contributed by atoms with Gasteiger partial charge in [0.25, 0.3) is 0 Å². The topological polar surface area (TPSA) is 30.9 Å². The Morgan fingerprint density at radius 3 is 1.84 bits per heavy atom. The van der Waals surface area contributed by atoms with Crippen molar-refractivity contribution in [3.05, 3.63) is 224 Å². The number of benzene rings is 8. The van der Waals surface area contributed by atoms with Crippen LogP contribution in [0.25, 0.3) is 77.7 Å². The van der Waals surface area contributed by atoms with Gasteiger partial charge < -0.3 is 4.90 Å². The van der Waals surface area contributed by atoms with Crippen molar-refractivity contribution in [1.82, 2.24) is 18.7 Å². The molecule has 5 heteroatoms. The zero-order valence-corrected chi connectivity index (χ0v) is 34.4. The lowest BCUT2D eigenvalue weighted by molar-refractivity contribution is 0.911. The summed E-state index contributed by atoms with van der Waals surface area (Å²) >= 11 is 0. The van der Waals surface area contributed by atoms with Crippen molar-refractivity contribution in [1.29, 1.82) is 0 Å². The lowest BCUT2D eigenvalue weighted by Crippen LogP contribution is -2.13. The predicted molar refractivity (Wildman–Crippen MR) is 259 cm³/mol. The number of para-hydroxylation sites is 4. The quantitative estimate of drug-likeness (QED) is 0.143. The van der Waals surface area contributed by atoms with E-state index in [9.17, 15) is 0 Å². The number of pyridine rings is 1. The van der Waals surface area contributed by atoms with E-state index in [0.29, 0.717) is 5.52 Å². The number of hydrogen-bond acceptors (Lipinski definition) is 2. The molecule has 0 N–H and O–H groups in total. The minimum Gasteiger partial charge on any atom is -0.308 e. The van der Waals surface area contributed by atoms with Crippen LogP contribution in [-0.4, -0.2) is 18.7 Å². The number of aryl methyl sites for hydroxylation is 3. The van der Waals surface area contributed by atoms with Crippen LogP contribution >= 0.6 is 0 Å². The smallest absolute Gasteiger partial charge is 0.191 e. The van der Waals surface area contributed by atoms with Crippen LogP contribution in [0.3, 0.4) is 0 Å². The molecule has 0 bridgehead atoms. The highest BCUT2D eigenvalue weighted by molar-refractivity contribution is 6.11. The first-order valence-electron chi connectivity index (χ1n) is 22.5. The summed E-state index contributed by atoms with van der Waals surface area (Å²) in [5, 5.41) is 2.25. The lowest BCUT2D eigenvalue weighted by atomic mass is 9.94. The Labute approximate surface area is 365 Å². The second-order valence-corrected chi connectivity index (χ2v) is 15.9. The first kappa shape index (κ1) is 33.8. The summed E-state index contributed by atoms with van der Waals surface area (Å²) in [7, 11) is 0. The van der Waals surface area contributed by atoms with Crippen molar-refractivity contribution in [2.24, 2.45) is 6.98 Å². The summed E-state index contributed by atoms with van der Waals surface area (Å²) in [6.07, 6.45) is 3.61. The van der Waals surface area contributed by atoms with E-state index in [2.05, 4.69) is 193 Å². The summed E-state index contributed by atoms with van der Waals surface area (Å²) in [4.78, 5) is 7.42. The molecule has 11 rings (SSSR count). The van der Waals surface area contributed by atoms with Gasteiger partial charge in [0.15, 0.2) is 17.4 Å². The van der Waals surface area contributed by atoms with E-state index in [1.165, 1.54) is 21.3 Å². The number of fused-ring (bicyclic) bond motifs is 4. The number of anilines is 3. The molecule has 8 aromatic carbocycles. The van der Waals surface area contributed by atoms with E-state index < -0.39 is 6.98 Å². The average Bonchev–Trinajstić information content (AvgIpc) is 3.89. The van der Waals surface area contributed by atoms with E-state index in [1.54, 1.807) is 6.33 Å². The second-order valence-electron chi connectivity index (χ2n) is 15.9. The highest BCUT2D eigenvalue weighted by atomic mass is 15.2. The minimum atomic E-state index is -2.37. The molecule has 0 saturated heterocycles. The molecule has 62 heavy (non-hydrogen) atoms. The van der Waals surface area contributed by atoms with Gasteiger partial charge in [0.2, 0.25) is 0 Å². The maximum atomic E-state index is 8.40. The Balaban J connectivity index is 1.20. The monoisotopic (exact) mass is 801 g/mol. The Morgan fingerprint density at radius 2 is 1.11 bits per heavy atom. The fourth-order valence-corrected chi connectivity index (χ4v) is 9.30. The summed E-state index contributed by atoms with van der Waals surface area (Å²) in [5.41, 5.74) is 16.3. The van der Waals surface area contributed by atoms with E-state index in [1.807, 2.05) is 41.1 Å². The molecule has 0 unspecified atom stereocenters. The number of rotatable bonds is 8. The van der Waals surface area contributed by atoms with Gasteiger partial charge in [-0.05, 0) is 102 Å². The Hall–Kier alpha value is -8.02. The lowest BCUT2D eigenvalue weighted by Gasteiger charge is -2.30. The molecular formula is C57H44N5+. The third-order valence-electron chi connectivity index (χ3n) is 12.1. The Bertz CT molecular complexity index is 3490. The van der Waals surface area contributed by atoms with Crippen LogP contribution in [0.15, 0.2) is 213 Å². The van der Waals surface area contributed by atoms with Gasteiger partial charge in [0.05, 0.1) is 22.4 Å². The van der Waals surface area contributed by atoms with E-state index in [4.69, 9.17) is 9.10 Å². The molecule has 3 heterocycles. The maximum absolute atomic E-state index is 8.40. The van der Waals surface area contributed by atoms with Gasteiger partial charge in [0.1, 0.15) is 11.5 Å². The molecule has 0 aliphatic heterocycles. The van der Waals surface area contributed by atoms with Crippen LogP contribution in [0.1, 0.15) is 15.2 Å². The highest BCUT2D eigenvalue weighted by Crippen LogP contribution is 2.48. The van der Waals surface area contributed by atoms with Crippen LogP contribution in [0.2, 0.25) is 0 Å². The highest BCUT2D eigenvalue weighted by Gasteiger charge is 2.25. The molecule has 296 valence electrons. The molecule has 0 spiro atoms. The largest absolute Gasteiger partial charge is 0.308 e. The van der Waals surface area contributed by atoms with Gasteiger partial charge in [-0.3, -0.25) is 4.57 Å². The number of nitrogens with zero attached hydrogens (tertiary/aromatic N) is 5. The summed E-state index contributed by atoms with van der Waals surface area (Å²) < 4.78 is 30.9. The van der Waals surface area contributed by atoms with Gasteiger partial charge in [-0.25, -0.2) is 9.55 Å². The fourth-order valence-electron chi connectivity index (χ4n) is 9.30. The van der Waals surface area contributed by atoms with Crippen LogP contribution in [-0.2, 0) is 6.98 Å². The van der Waals surface area contributed by atoms with Crippen molar-refractivity contribution < 1.29 is 4.11 Å². The fraction of sp³-hybridized carbons (Fsp3) is 0.0526. The summed E-state index contributed by atoms with van der Waals surface area (Å²) in [6, 6.07) is 69.7. The van der Waals surface area contributed by atoms with Crippen molar-refractivity contribution in [2.45, 2.75) is 13.8 Å². The van der Waals surface area contributed by atoms with Crippen LogP contribution in [0.5, 0.6) is 0 Å². The third kappa shape index (κ3) is 6.25. The third-order valence-corrected chi connectivity index (χ3v) is 12.1. The SMILES string of the molecule is [2H]C([2H])([2H])n1[cH+]n(-c2cccc(N(c3ccc4c5ccccc5n(-c5cc(-c6c(C)cccc6C)ccn5)c4c3)c3c(-c4ccccc4)cccc3-c3ccccc3)c2)c2ccccc21. The molecule has 0 aliphatic carbocycles. The molecular weight excluding hydrogens is 755 g/mol. The van der Waals surface area contributed by atoms with Crippen LogP contribution in [0.4, 0.5) is 17.1 Å². The zero-order valence-electron chi connectivity index (χ0n) is 37.4. The number of imidazole rings is 1.